The molecule has 1 rings (SSSR count). The molecule has 0 aromatic rings. The molecule has 5 heteroatoms. The van der Waals surface area contributed by atoms with E-state index in [1.807, 2.05) is 0 Å². The summed E-state index contributed by atoms with van der Waals surface area (Å²) in [5.41, 5.74) is 0. The molecule has 0 aliphatic carbocycles. The van der Waals surface area contributed by atoms with Crippen LogP contribution in [-0.4, -0.2) is 41.6 Å². The van der Waals surface area contributed by atoms with Crippen LogP contribution in [0.3, 0.4) is 0 Å². The molecule has 0 unspecified atom stereocenters. The number of nitrogens with zero attached hydrogens (tertiary/aromatic N) is 1. The van der Waals surface area contributed by atoms with Crippen LogP contribution in [0.25, 0.3) is 0 Å². The molecule has 0 radical (unpaired) electrons. The molecule has 1 amide bonds. The number of carbonyl (C=O) groups excluding carboxylic acids is 2. The maximum absolute atomic E-state index is 11.2. The molecule has 4 nitrogen and oxygen atoms in total. The standard InChI is InChI=1S/C8H9NO3S/c1-2-4-12-8(11)7(10)9-3-5-13-6-9/h1H,3-6H2. The van der Waals surface area contributed by atoms with Gasteiger partial charge in [0.25, 0.3) is 0 Å². The summed E-state index contributed by atoms with van der Waals surface area (Å²) >= 11 is 1.61. The lowest BCUT2D eigenvalue weighted by Crippen LogP contribution is -2.35. The lowest BCUT2D eigenvalue weighted by Gasteiger charge is -2.11. The molecule has 0 aromatic heterocycles. The van der Waals surface area contributed by atoms with Crippen molar-refractivity contribution in [2.75, 3.05) is 24.8 Å². The largest absolute Gasteiger partial charge is 0.445 e. The van der Waals surface area contributed by atoms with Crippen LogP contribution in [0.5, 0.6) is 0 Å². The second-order valence-corrected chi connectivity index (χ2v) is 3.46. The third-order valence-electron chi connectivity index (χ3n) is 1.50. The van der Waals surface area contributed by atoms with E-state index in [1.54, 1.807) is 11.8 Å². The van der Waals surface area contributed by atoms with Crippen molar-refractivity contribution in [3.8, 4) is 12.3 Å². The van der Waals surface area contributed by atoms with Crippen molar-refractivity contribution in [3.63, 3.8) is 0 Å². The van der Waals surface area contributed by atoms with Crippen molar-refractivity contribution in [2.45, 2.75) is 0 Å². The molecule has 1 heterocycles. The van der Waals surface area contributed by atoms with Crippen molar-refractivity contribution in [1.82, 2.24) is 4.90 Å². The van der Waals surface area contributed by atoms with Gasteiger partial charge in [-0.25, -0.2) is 4.79 Å². The van der Waals surface area contributed by atoms with Crippen LogP contribution in [-0.2, 0) is 14.3 Å². The smallest absolute Gasteiger partial charge is 0.398 e. The monoisotopic (exact) mass is 199 g/mol. The van der Waals surface area contributed by atoms with Crippen molar-refractivity contribution in [2.24, 2.45) is 0 Å². The highest BCUT2D eigenvalue weighted by Gasteiger charge is 2.25. The number of rotatable bonds is 1. The zero-order chi connectivity index (χ0) is 9.68. The van der Waals surface area contributed by atoms with Crippen LogP contribution in [0.1, 0.15) is 0 Å². The molecule has 1 aliphatic heterocycles. The lowest BCUT2D eigenvalue weighted by molar-refractivity contribution is -0.158. The number of terminal acetylenes is 1. The summed E-state index contributed by atoms with van der Waals surface area (Å²) in [5, 5.41) is 0. The fourth-order valence-electron chi connectivity index (χ4n) is 0.872. The minimum absolute atomic E-state index is 0.147. The summed E-state index contributed by atoms with van der Waals surface area (Å²) < 4.78 is 4.49. The molecular formula is C8H9NO3S. The minimum Gasteiger partial charge on any atom is -0.445 e. The predicted octanol–water partition coefficient (Wildman–Crippen LogP) is -0.304. The summed E-state index contributed by atoms with van der Waals surface area (Å²) in [5.74, 6) is 2.10. The van der Waals surface area contributed by atoms with Crippen LogP contribution in [0.4, 0.5) is 0 Å². The van der Waals surface area contributed by atoms with Gasteiger partial charge < -0.3 is 9.64 Å². The quantitative estimate of drug-likeness (QED) is 0.330. The molecule has 13 heavy (non-hydrogen) atoms. The first kappa shape index (κ1) is 9.93. The van der Waals surface area contributed by atoms with Crippen LogP contribution in [0, 0.1) is 12.3 Å². The lowest BCUT2D eigenvalue weighted by atomic mass is 10.5. The van der Waals surface area contributed by atoms with E-state index in [-0.39, 0.29) is 6.61 Å². The van der Waals surface area contributed by atoms with Crippen molar-refractivity contribution in [1.29, 1.82) is 0 Å². The van der Waals surface area contributed by atoms with Gasteiger partial charge in [0.05, 0.1) is 5.88 Å². The van der Waals surface area contributed by atoms with E-state index in [1.165, 1.54) is 4.90 Å². The summed E-state index contributed by atoms with van der Waals surface area (Å²) in [6.07, 6.45) is 4.87. The highest BCUT2D eigenvalue weighted by atomic mass is 32.2. The molecule has 0 atom stereocenters. The molecule has 0 spiro atoms. The van der Waals surface area contributed by atoms with Gasteiger partial charge in [0, 0.05) is 12.3 Å². The number of esters is 1. The molecule has 0 N–H and O–H groups in total. The maximum atomic E-state index is 11.2. The zero-order valence-corrected chi connectivity index (χ0v) is 7.80. The van der Waals surface area contributed by atoms with Gasteiger partial charge in [-0.05, 0) is 0 Å². The van der Waals surface area contributed by atoms with Crippen molar-refractivity contribution < 1.29 is 14.3 Å². The van der Waals surface area contributed by atoms with E-state index < -0.39 is 11.9 Å². The molecule has 70 valence electrons. The molecule has 0 aromatic carbocycles. The Morgan fingerprint density at radius 2 is 2.38 bits per heavy atom. The van der Waals surface area contributed by atoms with Gasteiger partial charge in [0.1, 0.15) is 0 Å². The highest BCUT2D eigenvalue weighted by molar-refractivity contribution is 7.99. The molecule has 1 saturated heterocycles. The third kappa shape index (κ3) is 2.67. The van der Waals surface area contributed by atoms with E-state index in [0.717, 1.165) is 5.75 Å². The first-order chi connectivity index (χ1) is 6.25. The number of amides is 1. The van der Waals surface area contributed by atoms with E-state index in [4.69, 9.17) is 6.42 Å². The van der Waals surface area contributed by atoms with Crippen LogP contribution in [0.2, 0.25) is 0 Å². The van der Waals surface area contributed by atoms with E-state index >= 15 is 0 Å². The van der Waals surface area contributed by atoms with Gasteiger partial charge in [-0.1, -0.05) is 5.92 Å². The number of hydrogen-bond acceptors (Lipinski definition) is 4. The van der Waals surface area contributed by atoms with Gasteiger partial charge >= 0.3 is 11.9 Å². The van der Waals surface area contributed by atoms with E-state index in [0.29, 0.717) is 12.4 Å². The fraction of sp³-hybridized carbons (Fsp3) is 0.500. The number of carbonyl (C=O) groups is 2. The number of hydrogen-bond donors (Lipinski definition) is 0. The highest BCUT2D eigenvalue weighted by Crippen LogP contribution is 2.13. The topological polar surface area (TPSA) is 46.6 Å². The Labute approximate surface area is 80.6 Å². The average Bonchev–Trinajstić information content (AvgIpc) is 2.65. The maximum Gasteiger partial charge on any atom is 0.398 e. The van der Waals surface area contributed by atoms with Crippen molar-refractivity contribution in [3.05, 3.63) is 0 Å². The molecule has 0 saturated carbocycles. The summed E-state index contributed by atoms with van der Waals surface area (Å²) in [6, 6.07) is 0. The Kier molecular flexibility index (Phi) is 3.65. The number of thioether (sulfide) groups is 1. The first-order valence-corrected chi connectivity index (χ1v) is 4.88. The van der Waals surface area contributed by atoms with Gasteiger partial charge in [-0.2, -0.15) is 0 Å². The summed E-state index contributed by atoms with van der Waals surface area (Å²) in [6.45, 7) is 0.459. The normalized spacial score (nSPS) is 15.2. The van der Waals surface area contributed by atoms with Gasteiger partial charge in [-0.3, -0.25) is 4.79 Å². The van der Waals surface area contributed by atoms with Gasteiger partial charge in [0.2, 0.25) is 0 Å². The summed E-state index contributed by atoms with van der Waals surface area (Å²) in [7, 11) is 0. The Hall–Kier alpha value is -1.15. The summed E-state index contributed by atoms with van der Waals surface area (Å²) in [4.78, 5) is 23.6. The molecule has 0 bridgehead atoms. The van der Waals surface area contributed by atoms with Crippen LogP contribution in [0.15, 0.2) is 0 Å². The SMILES string of the molecule is C#CCOC(=O)C(=O)N1CCSC1. The Morgan fingerprint density at radius 1 is 1.62 bits per heavy atom. The number of ether oxygens (including phenoxy) is 1. The van der Waals surface area contributed by atoms with Crippen LogP contribution >= 0.6 is 11.8 Å². The predicted molar refractivity (Wildman–Crippen MR) is 48.8 cm³/mol. The Balaban J connectivity index is 2.38. The average molecular weight is 199 g/mol. The third-order valence-corrected chi connectivity index (χ3v) is 2.47. The Morgan fingerprint density at radius 3 is 2.92 bits per heavy atom. The molecule has 1 aliphatic rings. The molecule has 1 fully saturated rings. The fourth-order valence-corrected chi connectivity index (χ4v) is 1.82. The first-order valence-electron chi connectivity index (χ1n) is 3.73. The Bertz CT molecular complexity index is 253. The van der Waals surface area contributed by atoms with Crippen molar-refractivity contribution >= 4 is 23.6 Å². The van der Waals surface area contributed by atoms with E-state index in [9.17, 15) is 9.59 Å². The minimum atomic E-state index is -0.861. The molecular weight excluding hydrogens is 190 g/mol. The second-order valence-electron chi connectivity index (χ2n) is 2.39. The second kappa shape index (κ2) is 4.77. The van der Waals surface area contributed by atoms with E-state index in [2.05, 4.69) is 10.7 Å². The zero-order valence-electron chi connectivity index (χ0n) is 6.99. The van der Waals surface area contributed by atoms with Gasteiger partial charge in [0.15, 0.2) is 6.61 Å². The van der Waals surface area contributed by atoms with Crippen LogP contribution < -0.4 is 0 Å². The van der Waals surface area contributed by atoms with Gasteiger partial charge in [-0.15, -0.1) is 18.2 Å².